The second kappa shape index (κ2) is 6.22. The minimum absolute atomic E-state index is 0.103. The average Bonchev–Trinajstić information content (AvgIpc) is 2.87. The quantitative estimate of drug-likeness (QED) is 0.675. The molecule has 4 nitrogen and oxygen atoms in total. The minimum Gasteiger partial charge on any atom is -0.293 e. The van der Waals surface area contributed by atoms with Gasteiger partial charge in [-0.2, -0.15) is 0 Å². The van der Waals surface area contributed by atoms with E-state index < -0.39 is 0 Å². The third kappa shape index (κ3) is 3.48. The van der Waals surface area contributed by atoms with Crippen molar-refractivity contribution in [3.63, 3.8) is 0 Å². The van der Waals surface area contributed by atoms with Crippen molar-refractivity contribution in [3.8, 4) is 0 Å². The summed E-state index contributed by atoms with van der Waals surface area (Å²) >= 11 is 1.39. The summed E-state index contributed by atoms with van der Waals surface area (Å²) < 4.78 is 0. The van der Waals surface area contributed by atoms with Crippen LogP contribution in [0, 0.1) is 6.92 Å². The molecule has 1 heterocycles. The summed E-state index contributed by atoms with van der Waals surface area (Å²) in [5.74, 6) is 1.26. The van der Waals surface area contributed by atoms with Crippen molar-refractivity contribution in [2.75, 3.05) is 0 Å². The van der Waals surface area contributed by atoms with Gasteiger partial charge in [0.05, 0.1) is 5.25 Å². The molecule has 106 valence electrons. The molecule has 0 aliphatic carbocycles. The summed E-state index contributed by atoms with van der Waals surface area (Å²) in [6.07, 6.45) is 0. The molecule has 2 rings (SSSR count). The summed E-state index contributed by atoms with van der Waals surface area (Å²) in [4.78, 5) is 16.7. The fourth-order valence-corrected chi connectivity index (χ4v) is 2.54. The van der Waals surface area contributed by atoms with Gasteiger partial charge >= 0.3 is 0 Å². The van der Waals surface area contributed by atoms with Gasteiger partial charge in [-0.1, -0.05) is 55.4 Å². The van der Waals surface area contributed by atoms with E-state index in [1.165, 1.54) is 11.8 Å². The molecule has 1 aromatic carbocycles. The van der Waals surface area contributed by atoms with Crippen molar-refractivity contribution >= 4 is 17.5 Å². The molecule has 0 saturated heterocycles. The van der Waals surface area contributed by atoms with Crippen molar-refractivity contribution in [3.05, 3.63) is 41.2 Å². The number of nitrogens with zero attached hydrogens (tertiary/aromatic N) is 2. The van der Waals surface area contributed by atoms with Gasteiger partial charge in [-0.25, -0.2) is 4.98 Å². The molecule has 0 aliphatic rings. The van der Waals surface area contributed by atoms with Crippen molar-refractivity contribution in [2.24, 2.45) is 0 Å². The van der Waals surface area contributed by atoms with Crippen LogP contribution in [0.5, 0.6) is 0 Å². The molecule has 0 aliphatic heterocycles. The number of Topliss-reactive ketones (excluding diaryl/α,β-unsaturated/α-hetero) is 1. The number of carbonyl (C=O) groups excluding carboxylic acids is 1. The van der Waals surface area contributed by atoms with E-state index in [4.69, 9.17) is 0 Å². The molecule has 0 amide bonds. The van der Waals surface area contributed by atoms with Gasteiger partial charge in [0.2, 0.25) is 5.16 Å². The number of H-pyrrole nitrogens is 1. The molecular formula is C15H19N3OS. The molecule has 1 aromatic heterocycles. The van der Waals surface area contributed by atoms with Crippen LogP contribution in [0.2, 0.25) is 0 Å². The monoisotopic (exact) mass is 289 g/mol. The lowest BCUT2D eigenvalue weighted by Gasteiger charge is -2.07. The first-order valence-electron chi connectivity index (χ1n) is 6.67. The van der Waals surface area contributed by atoms with E-state index in [0.29, 0.717) is 11.1 Å². The second-order valence-electron chi connectivity index (χ2n) is 5.15. The Kier molecular flexibility index (Phi) is 4.60. The normalized spacial score (nSPS) is 12.7. The number of carbonyl (C=O) groups is 1. The Morgan fingerprint density at radius 3 is 2.40 bits per heavy atom. The van der Waals surface area contributed by atoms with Crippen LogP contribution in [-0.2, 0) is 0 Å². The SMILES string of the molecule is Cc1ccc(C(=O)[C@H](C)Sc2n[nH]c(C(C)C)n2)cc1. The number of rotatable bonds is 5. The molecule has 5 heteroatoms. The highest BCUT2D eigenvalue weighted by Crippen LogP contribution is 2.23. The Balaban J connectivity index is 2.05. The number of hydrogen-bond donors (Lipinski definition) is 1. The van der Waals surface area contributed by atoms with Gasteiger partial charge in [0.25, 0.3) is 0 Å². The summed E-state index contributed by atoms with van der Waals surface area (Å²) in [6.45, 7) is 8.00. The fraction of sp³-hybridized carbons (Fsp3) is 0.400. The average molecular weight is 289 g/mol. The maximum absolute atomic E-state index is 12.3. The number of aromatic amines is 1. The predicted molar refractivity (Wildman–Crippen MR) is 81.3 cm³/mol. The summed E-state index contributed by atoms with van der Waals surface area (Å²) in [7, 11) is 0. The molecule has 0 fully saturated rings. The Morgan fingerprint density at radius 1 is 1.20 bits per heavy atom. The van der Waals surface area contributed by atoms with Gasteiger partial charge in [0.1, 0.15) is 5.82 Å². The highest BCUT2D eigenvalue weighted by Gasteiger charge is 2.19. The highest BCUT2D eigenvalue weighted by molar-refractivity contribution is 8.00. The van der Waals surface area contributed by atoms with Crippen molar-refractivity contribution < 1.29 is 4.79 Å². The van der Waals surface area contributed by atoms with Gasteiger partial charge in [0.15, 0.2) is 5.78 Å². The lowest BCUT2D eigenvalue weighted by Crippen LogP contribution is -2.13. The van der Waals surface area contributed by atoms with Crippen LogP contribution < -0.4 is 0 Å². The van der Waals surface area contributed by atoms with Crippen LogP contribution >= 0.6 is 11.8 Å². The van der Waals surface area contributed by atoms with Crippen molar-refractivity contribution in [2.45, 2.75) is 44.0 Å². The number of benzene rings is 1. The smallest absolute Gasteiger partial charge is 0.209 e. The first kappa shape index (κ1) is 14.8. The standard InChI is InChI=1S/C15H19N3OS/c1-9(2)14-16-15(18-17-14)20-11(4)13(19)12-7-5-10(3)6-8-12/h5-9,11H,1-4H3,(H,16,17,18)/t11-/m0/s1. The van der Waals surface area contributed by atoms with Crippen LogP contribution in [0.1, 0.15) is 48.4 Å². The maximum atomic E-state index is 12.3. The Labute approximate surface area is 123 Å². The molecule has 2 aromatic rings. The zero-order valence-electron chi connectivity index (χ0n) is 12.2. The maximum Gasteiger partial charge on any atom is 0.209 e. The molecule has 1 N–H and O–H groups in total. The largest absolute Gasteiger partial charge is 0.293 e. The van der Waals surface area contributed by atoms with Crippen LogP contribution in [0.3, 0.4) is 0 Å². The lowest BCUT2D eigenvalue weighted by molar-refractivity contribution is 0.0994. The molecule has 1 atom stereocenters. The molecule has 0 radical (unpaired) electrons. The van der Waals surface area contributed by atoms with Gasteiger partial charge in [-0.15, -0.1) is 5.10 Å². The van der Waals surface area contributed by atoms with Crippen LogP contribution in [-0.4, -0.2) is 26.2 Å². The van der Waals surface area contributed by atoms with E-state index >= 15 is 0 Å². The fourth-order valence-electron chi connectivity index (χ4n) is 1.73. The number of nitrogens with one attached hydrogen (secondary N) is 1. The van der Waals surface area contributed by atoms with Crippen LogP contribution in [0.15, 0.2) is 29.4 Å². The van der Waals surface area contributed by atoms with Gasteiger partial charge in [-0.3, -0.25) is 9.89 Å². The van der Waals surface area contributed by atoms with E-state index in [1.54, 1.807) is 0 Å². The number of aromatic nitrogens is 3. The Bertz CT molecular complexity index is 589. The third-order valence-corrected chi connectivity index (χ3v) is 3.98. The van der Waals surface area contributed by atoms with E-state index in [2.05, 4.69) is 29.0 Å². The number of thioether (sulfide) groups is 1. The number of hydrogen-bond acceptors (Lipinski definition) is 4. The summed E-state index contributed by atoms with van der Waals surface area (Å²) in [5, 5.41) is 7.47. The molecule has 0 bridgehead atoms. The van der Waals surface area contributed by atoms with Crippen LogP contribution in [0.25, 0.3) is 0 Å². The second-order valence-corrected chi connectivity index (χ2v) is 6.46. The van der Waals surface area contributed by atoms with E-state index in [-0.39, 0.29) is 11.0 Å². The van der Waals surface area contributed by atoms with Crippen molar-refractivity contribution in [1.29, 1.82) is 0 Å². The summed E-state index contributed by atoms with van der Waals surface area (Å²) in [5.41, 5.74) is 1.88. The Morgan fingerprint density at radius 2 is 1.85 bits per heavy atom. The molecular weight excluding hydrogens is 270 g/mol. The third-order valence-electron chi connectivity index (χ3n) is 3.02. The first-order valence-corrected chi connectivity index (χ1v) is 7.55. The van der Waals surface area contributed by atoms with E-state index in [9.17, 15) is 4.79 Å². The predicted octanol–water partition coefficient (Wildman–Crippen LogP) is 3.60. The zero-order valence-corrected chi connectivity index (χ0v) is 13.0. The molecule has 0 spiro atoms. The lowest BCUT2D eigenvalue weighted by atomic mass is 10.1. The van der Waals surface area contributed by atoms with Crippen molar-refractivity contribution in [1.82, 2.24) is 15.2 Å². The molecule has 0 saturated carbocycles. The van der Waals surface area contributed by atoms with Crippen LogP contribution in [0.4, 0.5) is 0 Å². The van der Waals surface area contributed by atoms with E-state index in [0.717, 1.165) is 17.0 Å². The molecule has 0 unspecified atom stereocenters. The van der Waals surface area contributed by atoms with E-state index in [1.807, 2.05) is 38.1 Å². The first-order chi connectivity index (χ1) is 9.47. The number of ketones is 1. The Hall–Kier alpha value is -1.62. The van der Waals surface area contributed by atoms with Gasteiger partial charge in [0, 0.05) is 11.5 Å². The minimum atomic E-state index is -0.200. The summed E-state index contributed by atoms with van der Waals surface area (Å²) in [6, 6.07) is 7.64. The number of aryl methyl sites for hydroxylation is 1. The molecule has 20 heavy (non-hydrogen) atoms. The van der Waals surface area contributed by atoms with Gasteiger partial charge < -0.3 is 0 Å². The highest BCUT2D eigenvalue weighted by atomic mass is 32.2. The topological polar surface area (TPSA) is 58.6 Å². The van der Waals surface area contributed by atoms with Gasteiger partial charge in [-0.05, 0) is 13.8 Å². The zero-order chi connectivity index (χ0) is 14.7.